The number of hydrazine groups is 1. The molecule has 0 aliphatic rings. The predicted octanol–water partition coefficient (Wildman–Crippen LogP) is 3.40. The number of hydrogen-bond donors (Lipinski definition) is 3. The summed E-state index contributed by atoms with van der Waals surface area (Å²) in [5.74, 6) is 0. The third-order valence-corrected chi connectivity index (χ3v) is 3.65. The van der Waals surface area contributed by atoms with E-state index in [2.05, 4.69) is 29.1 Å². The first-order valence-electron chi connectivity index (χ1n) is 8.25. The molecule has 0 atom stereocenters. The second kappa shape index (κ2) is 11.3. The van der Waals surface area contributed by atoms with Crippen molar-refractivity contribution < 1.29 is 0 Å². The first-order chi connectivity index (χ1) is 11.5. The molecule has 0 radical (unpaired) electrons. The van der Waals surface area contributed by atoms with Crippen molar-refractivity contribution in [2.45, 2.75) is 19.8 Å². The van der Waals surface area contributed by atoms with E-state index in [-0.39, 0.29) is 0 Å². The monoisotopic (exact) mass is 326 g/mol. The Morgan fingerprint density at radius 2 is 1.50 bits per heavy atom. The van der Waals surface area contributed by atoms with E-state index in [9.17, 15) is 0 Å². The molecule has 130 valence electrons. The van der Waals surface area contributed by atoms with Gasteiger partial charge in [-0.15, -0.1) is 6.58 Å². The minimum Gasteiger partial charge on any atom is -0.399 e. The van der Waals surface area contributed by atoms with Crippen LogP contribution in [0.4, 0.5) is 11.4 Å². The van der Waals surface area contributed by atoms with E-state index < -0.39 is 0 Å². The smallest absolute Gasteiger partial charge is 0.0314 e. The number of nitrogens with zero attached hydrogens (tertiary/aromatic N) is 1. The van der Waals surface area contributed by atoms with Gasteiger partial charge in [0.05, 0.1) is 0 Å². The summed E-state index contributed by atoms with van der Waals surface area (Å²) >= 11 is 0. The Labute approximate surface area is 146 Å². The van der Waals surface area contributed by atoms with Crippen LogP contribution in [-0.4, -0.2) is 25.1 Å². The molecular weight excluding hydrogens is 296 g/mol. The Hall–Kier alpha value is -2.30. The second-order valence-corrected chi connectivity index (χ2v) is 5.69. The third-order valence-electron chi connectivity index (χ3n) is 3.65. The summed E-state index contributed by atoms with van der Waals surface area (Å²) in [5, 5.41) is 2.19. The van der Waals surface area contributed by atoms with Crippen LogP contribution in [0.3, 0.4) is 0 Å². The van der Waals surface area contributed by atoms with Gasteiger partial charge in [0.25, 0.3) is 0 Å². The SMILES string of the molecule is C=CCCN(CCc1ccc(N)cc1)NC.Cc1ccc(N)cc1. The fraction of sp³-hybridized carbons (Fsp3) is 0.300. The molecule has 0 saturated heterocycles. The van der Waals surface area contributed by atoms with E-state index in [4.69, 9.17) is 11.5 Å². The fourth-order valence-corrected chi connectivity index (χ4v) is 2.10. The maximum Gasteiger partial charge on any atom is 0.0314 e. The molecule has 0 heterocycles. The van der Waals surface area contributed by atoms with Gasteiger partial charge in [-0.2, -0.15) is 0 Å². The highest BCUT2D eigenvalue weighted by atomic mass is 15.5. The summed E-state index contributed by atoms with van der Waals surface area (Å²) in [4.78, 5) is 0. The zero-order valence-corrected chi connectivity index (χ0v) is 14.8. The zero-order valence-electron chi connectivity index (χ0n) is 14.8. The lowest BCUT2D eigenvalue weighted by Crippen LogP contribution is -2.37. The predicted molar refractivity (Wildman–Crippen MR) is 106 cm³/mol. The number of nitrogens with one attached hydrogen (secondary N) is 1. The van der Waals surface area contributed by atoms with Crippen molar-refractivity contribution in [3.05, 3.63) is 72.3 Å². The van der Waals surface area contributed by atoms with Crippen molar-refractivity contribution in [1.82, 2.24) is 10.4 Å². The molecule has 24 heavy (non-hydrogen) atoms. The van der Waals surface area contributed by atoms with Crippen molar-refractivity contribution in [3.8, 4) is 0 Å². The van der Waals surface area contributed by atoms with Crippen molar-refractivity contribution >= 4 is 11.4 Å². The quantitative estimate of drug-likeness (QED) is 0.414. The van der Waals surface area contributed by atoms with Gasteiger partial charge in [0, 0.05) is 24.5 Å². The third kappa shape index (κ3) is 8.36. The van der Waals surface area contributed by atoms with Crippen LogP contribution in [0, 0.1) is 6.92 Å². The summed E-state index contributed by atoms with van der Waals surface area (Å²) in [7, 11) is 1.95. The molecule has 0 unspecified atom stereocenters. The number of nitrogens with two attached hydrogens (primary N) is 2. The van der Waals surface area contributed by atoms with Gasteiger partial charge >= 0.3 is 0 Å². The molecule has 0 amide bonds. The molecular formula is C20H30N4. The standard InChI is InChI=1S/C13H21N3.C7H9N/c1-3-4-10-16(15-2)11-9-12-5-7-13(14)8-6-12;1-6-2-4-7(8)5-3-6/h3,5-8,15H,1,4,9-11,14H2,2H3;2-5H,8H2,1H3. The Kier molecular flexibility index (Phi) is 9.27. The lowest BCUT2D eigenvalue weighted by molar-refractivity contribution is 0.214. The van der Waals surface area contributed by atoms with Crippen molar-refractivity contribution in [2.75, 3.05) is 31.6 Å². The average molecular weight is 326 g/mol. The van der Waals surface area contributed by atoms with E-state index in [0.717, 1.165) is 37.3 Å². The maximum absolute atomic E-state index is 5.64. The van der Waals surface area contributed by atoms with Crippen LogP contribution in [0.1, 0.15) is 17.5 Å². The largest absolute Gasteiger partial charge is 0.399 e. The van der Waals surface area contributed by atoms with Crippen LogP contribution in [0.15, 0.2) is 61.2 Å². The molecule has 4 heteroatoms. The van der Waals surface area contributed by atoms with Gasteiger partial charge in [-0.05, 0) is 56.6 Å². The summed E-state index contributed by atoms with van der Waals surface area (Å²) < 4.78 is 0. The molecule has 0 fully saturated rings. The van der Waals surface area contributed by atoms with Crippen LogP contribution < -0.4 is 16.9 Å². The van der Waals surface area contributed by atoms with E-state index in [1.807, 2.05) is 56.4 Å². The first-order valence-corrected chi connectivity index (χ1v) is 8.25. The van der Waals surface area contributed by atoms with Crippen LogP contribution in [0.5, 0.6) is 0 Å². The van der Waals surface area contributed by atoms with Crippen molar-refractivity contribution in [1.29, 1.82) is 0 Å². The van der Waals surface area contributed by atoms with Gasteiger partial charge in [-0.25, -0.2) is 5.01 Å². The molecule has 2 aromatic carbocycles. The first kappa shape index (κ1) is 19.7. The number of hydrogen-bond acceptors (Lipinski definition) is 4. The van der Waals surface area contributed by atoms with Gasteiger partial charge in [0.2, 0.25) is 0 Å². The molecule has 0 aromatic heterocycles. The molecule has 4 nitrogen and oxygen atoms in total. The fourth-order valence-electron chi connectivity index (χ4n) is 2.10. The number of rotatable bonds is 7. The molecule has 0 bridgehead atoms. The van der Waals surface area contributed by atoms with Gasteiger partial charge < -0.3 is 11.5 Å². The Balaban J connectivity index is 0.000000300. The van der Waals surface area contributed by atoms with Gasteiger partial charge in [0.15, 0.2) is 0 Å². The maximum atomic E-state index is 5.64. The van der Waals surface area contributed by atoms with E-state index in [1.54, 1.807) is 0 Å². The zero-order chi connectivity index (χ0) is 17.8. The molecule has 0 saturated carbocycles. The normalized spacial score (nSPS) is 10.1. The molecule has 0 aliphatic heterocycles. The van der Waals surface area contributed by atoms with Crippen LogP contribution in [0.2, 0.25) is 0 Å². The summed E-state index contributed by atoms with van der Waals surface area (Å²) in [5.41, 5.74) is 18.5. The lowest BCUT2D eigenvalue weighted by atomic mass is 10.1. The number of benzene rings is 2. The minimum absolute atomic E-state index is 0.820. The molecule has 5 N–H and O–H groups in total. The number of anilines is 2. The minimum atomic E-state index is 0.820. The highest BCUT2D eigenvalue weighted by molar-refractivity contribution is 5.39. The summed E-state index contributed by atoms with van der Waals surface area (Å²) in [6, 6.07) is 15.8. The summed E-state index contributed by atoms with van der Waals surface area (Å²) in [6.07, 6.45) is 3.97. The van der Waals surface area contributed by atoms with Crippen molar-refractivity contribution in [3.63, 3.8) is 0 Å². The Morgan fingerprint density at radius 1 is 0.958 bits per heavy atom. The van der Waals surface area contributed by atoms with Crippen LogP contribution in [0.25, 0.3) is 0 Å². The molecule has 2 aromatic rings. The topological polar surface area (TPSA) is 67.3 Å². The van der Waals surface area contributed by atoms with Crippen LogP contribution in [-0.2, 0) is 6.42 Å². The van der Waals surface area contributed by atoms with Crippen LogP contribution >= 0.6 is 0 Å². The average Bonchev–Trinajstić information content (AvgIpc) is 2.60. The Bertz CT molecular complexity index is 555. The Morgan fingerprint density at radius 3 is 1.96 bits per heavy atom. The highest BCUT2D eigenvalue weighted by Crippen LogP contribution is 2.06. The second-order valence-electron chi connectivity index (χ2n) is 5.69. The van der Waals surface area contributed by atoms with E-state index in [0.29, 0.717) is 0 Å². The van der Waals surface area contributed by atoms with E-state index >= 15 is 0 Å². The summed E-state index contributed by atoms with van der Waals surface area (Å²) in [6.45, 7) is 7.76. The molecule has 2 rings (SSSR count). The number of nitrogen functional groups attached to an aromatic ring is 2. The van der Waals surface area contributed by atoms with Gasteiger partial charge in [-0.3, -0.25) is 5.43 Å². The molecule has 0 aliphatic carbocycles. The van der Waals surface area contributed by atoms with E-state index in [1.165, 1.54) is 11.1 Å². The highest BCUT2D eigenvalue weighted by Gasteiger charge is 2.01. The van der Waals surface area contributed by atoms with Gasteiger partial charge in [-0.1, -0.05) is 35.9 Å². The van der Waals surface area contributed by atoms with Gasteiger partial charge in [0.1, 0.15) is 0 Å². The molecule has 0 spiro atoms. The van der Waals surface area contributed by atoms with Crippen molar-refractivity contribution in [2.24, 2.45) is 0 Å². The number of aryl methyl sites for hydroxylation is 1. The lowest BCUT2D eigenvalue weighted by Gasteiger charge is -2.20.